The molecule has 0 aliphatic carbocycles. The average molecular weight is 418 g/mol. The molecule has 0 atom stereocenters. The van der Waals surface area contributed by atoms with E-state index in [4.69, 9.17) is 5.10 Å². The molecule has 2 aromatic carbocycles. The van der Waals surface area contributed by atoms with Crippen LogP contribution in [0.2, 0.25) is 0 Å². The lowest BCUT2D eigenvalue weighted by Gasteiger charge is -2.08. The van der Waals surface area contributed by atoms with Crippen molar-refractivity contribution in [1.29, 1.82) is 0 Å². The van der Waals surface area contributed by atoms with Crippen LogP contribution in [0.4, 0.5) is 0 Å². The molecule has 0 saturated carbocycles. The molecule has 6 nitrogen and oxygen atoms in total. The number of rotatable bonds is 7. The van der Waals surface area contributed by atoms with E-state index in [1.165, 1.54) is 5.56 Å². The van der Waals surface area contributed by atoms with E-state index in [2.05, 4.69) is 74.6 Å². The Morgan fingerprint density at radius 1 is 0.935 bits per heavy atom. The van der Waals surface area contributed by atoms with E-state index >= 15 is 0 Å². The van der Waals surface area contributed by atoms with E-state index in [1.807, 2.05) is 27.7 Å². The minimum Gasteiger partial charge on any atom is -0.308 e. The largest absolute Gasteiger partial charge is 0.329 e. The van der Waals surface area contributed by atoms with Crippen molar-refractivity contribution in [3.8, 4) is 22.4 Å². The van der Waals surface area contributed by atoms with E-state index in [-0.39, 0.29) is 5.69 Å². The minimum absolute atomic E-state index is 0.0535. The number of aryl methyl sites for hydroxylation is 3. The lowest BCUT2D eigenvalue weighted by molar-refractivity contribution is 0.373. The Balaban J connectivity index is 1.89. The Bertz CT molecular complexity index is 1280. The third-order valence-corrected chi connectivity index (χ3v) is 5.79. The van der Waals surface area contributed by atoms with Crippen molar-refractivity contribution in [2.75, 3.05) is 20.6 Å². The smallest absolute Gasteiger partial charge is 0.308 e. The van der Waals surface area contributed by atoms with Gasteiger partial charge in [0.05, 0.1) is 17.6 Å². The number of imidazole rings is 1. The second-order valence-electron chi connectivity index (χ2n) is 8.30. The first-order chi connectivity index (χ1) is 14.9. The number of benzene rings is 2. The molecule has 0 fully saturated rings. The summed E-state index contributed by atoms with van der Waals surface area (Å²) in [7, 11) is 4.14. The monoisotopic (exact) mass is 417 g/mol. The molecule has 6 heteroatoms. The first-order valence-corrected chi connectivity index (χ1v) is 11.0. The Morgan fingerprint density at radius 3 is 2.35 bits per heavy atom. The molecule has 2 aromatic heterocycles. The van der Waals surface area contributed by atoms with Gasteiger partial charge in [-0.2, -0.15) is 5.10 Å². The zero-order valence-corrected chi connectivity index (χ0v) is 19.1. The average Bonchev–Trinajstić information content (AvgIpc) is 3.29. The maximum absolute atomic E-state index is 12.8. The molecule has 0 N–H and O–H groups in total. The van der Waals surface area contributed by atoms with Crippen molar-refractivity contribution >= 4 is 11.0 Å². The van der Waals surface area contributed by atoms with Gasteiger partial charge in [-0.1, -0.05) is 29.8 Å². The first kappa shape index (κ1) is 21.1. The van der Waals surface area contributed by atoms with Crippen molar-refractivity contribution in [2.45, 2.75) is 40.4 Å². The van der Waals surface area contributed by atoms with Crippen molar-refractivity contribution < 1.29 is 0 Å². The summed E-state index contributed by atoms with van der Waals surface area (Å²) in [4.78, 5) is 14.9. The van der Waals surface area contributed by atoms with E-state index in [1.54, 1.807) is 0 Å². The molecule has 4 aromatic rings. The highest BCUT2D eigenvalue weighted by Crippen LogP contribution is 2.33. The van der Waals surface area contributed by atoms with Crippen LogP contribution in [0.25, 0.3) is 33.4 Å². The van der Waals surface area contributed by atoms with Gasteiger partial charge in [0.15, 0.2) is 0 Å². The molecular formula is C25H31N5O. The summed E-state index contributed by atoms with van der Waals surface area (Å²) in [6.07, 6.45) is 2.13. The second kappa shape index (κ2) is 8.55. The molecule has 0 radical (unpaired) electrons. The molecule has 162 valence electrons. The van der Waals surface area contributed by atoms with Gasteiger partial charge in [-0.3, -0.25) is 13.8 Å². The SMILES string of the molecule is CCn1c(=O)n(CC)c2cc(-c3cn(CCN(C)C)nc3-c3cccc(C)c3)ccc21. The Hall–Kier alpha value is -3.12. The number of aromatic nitrogens is 4. The van der Waals surface area contributed by atoms with Gasteiger partial charge in [0.25, 0.3) is 0 Å². The Kier molecular flexibility index (Phi) is 5.83. The summed E-state index contributed by atoms with van der Waals surface area (Å²) < 4.78 is 5.72. The molecule has 0 saturated heterocycles. The highest BCUT2D eigenvalue weighted by molar-refractivity contribution is 5.87. The van der Waals surface area contributed by atoms with Gasteiger partial charge in [0, 0.05) is 37.0 Å². The molecule has 0 bridgehead atoms. The van der Waals surface area contributed by atoms with Crippen LogP contribution in [0.15, 0.2) is 53.5 Å². The lowest BCUT2D eigenvalue weighted by atomic mass is 10.0. The number of hydrogen-bond acceptors (Lipinski definition) is 3. The van der Waals surface area contributed by atoms with Gasteiger partial charge in [-0.25, -0.2) is 4.79 Å². The molecular weight excluding hydrogens is 386 g/mol. The van der Waals surface area contributed by atoms with Gasteiger partial charge in [-0.15, -0.1) is 0 Å². The van der Waals surface area contributed by atoms with Crippen LogP contribution < -0.4 is 5.69 Å². The number of likely N-dealkylation sites (N-methyl/N-ethyl adjacent to an activating group) is 1. The van der Waals surface area contributed by atoms with Crippen molar-refractivity contribution in [2.24, 2.45) is 0 Å². The standard InChI is InChI=1S/C25H31N5O/c1-6-29-22-12-11-19(16-23(22)30(7-2)25(29)31)21-17-28(14-13-27(4)5)26-24(21)20-10-8-9-18(3)15-20/h8-12,15-17H,6-7,13-14H2,1-5H3. The zero-order chi connectivity index (χ0) is 22.1. The van der Waals surface area contributed by atoms with Crippen LogP contribution in [-0.2, 0) is 19.6 Å². The number of hydrogen-bond donors (Lipinski definition) is 0. The molecule has 4 rings (SSSR count). The molecule has 31 heavy (non-hydrogen) atoms. The van der Waals surface area contributed by atoms with E-state index in [0.717, 1.165) is 46.5 Å². The lowest BCUT2D eigenvalue weighted by Crippen LogP contribution is -2.22. The van der Waals surface area contributed by atoms with Gasteiger partial charge in [-0.05, 0) is 58.6 Å². The number of fused-ring (bicyclic) bond motifs is 1. The van der Waals surface area contributed by atoms with Crippen LogP contribution in [0.5, 0.6) is 0 Å². The third-order valence-electron chi connectivity index (χ3n) is 5.79. The molecule has 0 amide bonds. The summed E-state index contributed by atoms with van der Waals surface area (Å²) >= 11 is 0. The van der Waals surface area contributed by atoms with Gasteiger partial charge >= 0.3 is 5.69 Å². The quantitative estimate of drug-likeness (QED) is 0.452. The van der Waals surface area contributed by atoms with Crippen LogP contribution >= 0.6 is 0 Å². The second-order valence-corrected chi connectivity index (χ2v) is 8.30. The fraction of sp³-hybridized carbons (Fsp3) is 0.360. The van der Waals surface area contributed by atoms with Crippen LogP contribution in [0.3, 0.4) is 0 Å². The maximum atomic E-state index is 12.8. The van der Waals surface area contributed by atoms with Gasteiger partial charge < -0.3 is 4.90 Å². The Labute approximate surface area is 183 Å². The fourth-order valence-corrected chi connectivity index (χ4v) is 4.15. The highest BCUT2D eigenvalue weighted by Gasteiger charge is 2.17. The van der Waals surface area contributed by atoms with E-state index in [0.29, 0.717) is 13.1 Å². The van der Waals surface area contributed by atoms with Crippen molar-refractivity contribution in [1.82, 2.24) is 23.8 Å². The molecule has 0 aliphatic rings. The highest BCUT2D eigenvalue weighted by atomic mass is 16.1. The summed E-state index contributed by atoms with van der Waals surface area (Å²) in [6, 6.07) is 14.8. The maximum Gasteiger partial charge on any atom is 0.329 e. The molecule has 0 spiro atoms. The zero-order valence-electron chi connectivity index (χ0n) is 19.1. The topological polar surface area (TPSA) is 48.0 Å². The van der Waals surface area contributed by atoms with E-state index in [9.17, 15) is 4.79 Å². The van der Waals surface area contributed by atoms with Crippen molar-refractivity contribution in [3.63, 3.8) is 0 Å². The third kappa shape index (κ3) is 3.95. The predicted octanol–water partition coefficient (Wildman–Crippen LogP) is 4.24. The minimum atomic E-state index is 0.0535. The molecule has 0 unspecified atom stereocenters. The fourth-order valence-electron chi connectivity index (χ4n) is 4.15. The van der Waals surface area contributed by atoms with Crippen LogP contribution in [0, 0.1) is 6.92 Å². The Morgan fingerprint density at radius 2 is 1.68 bits per heavy atom. The first-order valence-electron chi connectivity index (χ1n) is 11.0. The summed E-state index contributed by atoms with van der Waals surface area (Å²) in [6.45, 7) is 9.19. The molecule has 0 aliphatic heterocycles. The van der Waals surface area contributed by atoms with Gasteiger partial charge in [0.2, 0.25) is 0 Å². The van der Waals surface area contributed by atoms with Crippen LogP contribution in [-0.4, -0.2) is 44.5 Å². The molecule has 2 heterocycles. The summed E-state index contributed by atoms with van der Waals surface area (Å²) in [5.41, 5.74) is 7.47. The van der Waals surface area contributed by atoms with Crippen molar-refractivity contribution in [3.05, 3.63) is 64.7 Å². The van der Waals surface area contributed by atoms with E-state index < -0.39 is 0 Å². The van der Waals surface area contributed by atoms with Gasteiger partial charge in [0.1, 0.15) is 5.69 Å². The normalized spacial score (nSPS) is 11.7. The van der Waals surface area contributed by atoms with Crippen LogP contribution in [0.1, 0.15) is 19.4 Å². The summed E-state index contributed by atoms with van der Waals surface area (Å²) in [5.74, 6) is 0. The predicted molar refractivity (Wildman–Crippen MR) is 127 cm³/mol. The number of nitrogens with zero attached hydrogens (tertiary/aromatic N) is 5. The summed E-state index contributed by atoms with van der Waals surface area (Å²) in [5, 5.41) is 4.95.